The quantitative estimate of drug-likeness (QED) is 0.597. The Kier molecular flexibility index (Phi) is 3.91. The molecule has 0 unspecified atom stereocenters. The monoisotopic (exact) mass is 369 g/mol. The summed E-state index contributed by atoms with van der Waals surface area (Å²) in [4.78, 5) is 5.59. The van der Waals surface area contributed by atoms with Crippen LogP contribution in [0.3, 0.4) is 0 Å². The Balaban J connectivity index is 1.97. The van der Waals surface area contributed by atoms with Crippen LogP contribution < -0.4 is 5.73 Å². The van der Waals surface area contributed by atoms with E-state index < -0.39 is 10.0 Å². The molecule has 4 rings (SSSR count). The third-order valence-electron chi connectivity index (χ3n) is 4.00. The first-order valence-corrected chi connectivity index (χ1v) is 9.98. The Bertz CT molecular complexity index is 1150. The Morgan fingerprint density at radius 2 is 1.92 bits per heavy atom. The van der Waals surface area contributed by atoms with Gasteiger partial charge >= 0.3 is 0 Å². The maximum absolute atomic E-state index is 13.1. The van der Waals surface area contributed by atoms with E-state index in [0.29, 0.717) is 12.2 Å². The number of pyridine rings is 1. The van der Waals surface area contributed by atoms with E-state index in [4.69, 9.17) is 5.73 Å². The minimum absolute atomic E-state index is 0.233. The molecule has 0 saturated carbocycles. The molecule has 3 aromatic heterocycles. The Labute approximate surface area is 149 Å². The first-order chi connectivity index (χ1) is 12.1. The molecule has 7 heteroatoms. The number of benzene rings is 1. The van der Waals surface area contributed by atoms with Crippen molar-refractivity contribution in [2.45, 2.75) is 11.4 Å². The summed E-state index contributed by atoms with van der Waals surface area (Å²) in [7, 11) is -3.72. The van der Waals surface area contributed by atoms with Crippen LogP contribution in [0.2, 0.25) is 0 Å². The van der Waals surface area contributed by atoms with Gasteiger partial charge in [-0.1, -0.05) is 18.2 Å². The summed E-state index contributed by atoms with van der Waals surface area (Å²) in [6.45, 7) is 0.462. The van der Waals surface area contributed by atoms with Crippen molar-refractivity contribution in [3.8, 4) is 11.1 Å². The van der Waals surface area contributed by atoms with E-state index in [9.17, 15) is 8.42 Å². The number of nitrogens with two attached hydrogens (primary N) is 1. The number of hydrogen-bond acceptors (Lipinski definition) is 5. The topological polar surface area (TPSA) is 78.0 Å². The van der Waals surface area contributed by atoms with E-state index in [2.05, 4.69) is 4.98 Å². The smallest absolute Gasteiger partial charge is 0.269 e. The number of fused-ring (bicyclic) bond motifs is 1. The second kappa shape index (κ2) is 6.11. The van der Waals surface area contributed by atoms with Crippen LogP contribution in [-0.4, -0.2) is 17.4 Å². The minimum Gasteiger partial charge on any atom is -0.326 e. The van der Waals surface area contributed by atoms with Crippen LogP contribution in [0, 0.1) is 0 Å². The summed E-state index contributed by atoms with van der Waals surface area (Å²) in [5.41, 5.74) is 7.90. The first kappa shape index (κ1) is 16.0. The van der Waals surface area contributed by atoms with Crippen molar-refractivity contribution in [2.24, 2.45) is 5.73 Å². The molecule has 3 heterocycles. The normalized spacial score (nSPS) is 11.9. The molecule has 0 aliphatic rings. The molecule has 126 valence electrons. The fraction of sp³-hybridized carbons (Fsp3) is 0.0556. The third kappa shape index (κ3) is 2.66. The summed E-state index contributed by atoms with van der Waals surface area (Å²) < 4.78 is 27.4. The van der Waals surface area contributed by atoms with Crippen molar-refractivity contribution in [3.05, 3.63) is 71.2 Å². The van der Waals surface area contributed by atoms with Crippen LogP contribution in [0.25, 0.3) is 22.2 Å². The van der Waals surface area contributed by atoms with Gasteiger partial charge in [-0.2, -0.15) is 0 Å². The average molecular weight is 369 g/mol. The van der Waals surface area contributed by atoms with Crippen molar-refractivity contribution in [1.82, 2.24) is 8.96 Å². The van der Waals surface area contributed by atoms with Crippen molar-refractivity contribution in [1.29, 1.82) is 0 Å². The fourth-order valence-electron chi connectivity index (χ4n) is 2.78. The van der Waals surface area contributed by atoms with Crippen LogP contribution in [0.4, 0.5) is 0 Å². The molecule has 2 N–H and O–H groups in total. The van der Waals surface area contributed by atoms with Gasteiger partial charge in [-0.25, -0.2) is 17.4 Å². The lowest BCUT2D eigenvalue weighted by molar-refractivity contribution is 0.589. The van der Waals surface area contributed by atoms with Gasteiger partial charge in [-0.05, 0) is 41.3 Å². The average Bonchev–Trinajstić information content (AvgIpc) is 3.27. The van der Waals surface area contributed by atoms with E-state index in [1.807, 2.05) is 23.6 Å². The Hall–Kier alpha value is -2.48. The van der Waals surface area contributed by atoms with Gasteiger partial charge in [0, 0.05) is 34.8 Å². The Morgan fingerprint density at radius 3 is 2.64 bits per heavy atom. The van der Waals surface area contributed by atoms with Gasteiger partial charge in [0.2, 0.25) is 0 Å². The van der Waals surface area contributed by atoms with Gasteiger partial charge in [-0.15, -0.1) is 11.3 Å². The molecule has 0 fully saturated rings. The SMILES string of the molecule is NCc1cc(-c2cn(S(=O)(=O)c3ccccc3)c3ncccc23)cs1. The van der Waals surface area contributed by atoms with Crippen molar-refractivity contribution in [2.75, 3.05) is 0 Å². The zero-order valence-corrected chi connectivity index (χ0v) is 14.8. The lowest BCUT2D eigenvalue weighted by Crippen LogP contribution is -2.12. The molecule has 25 heavy (non-hydrogen) atoms. The molecule has 0 aliphatic heterocycles. The lowest BCUT2D eigenvalue weighted by atomic mass is 10.1. The third-order valence-corrected chi connectivity index (χ3v) is 6.62. The number of aromatic nitrogens is 2. The highest BCUT2D eigenvalue weighted by Gasteiger charge is 2.22. The second-order valence-corrected chi connectivity index (χ2v) is 8.35. The molecule has 0 aliphatic carbocycles. The van der Waals surface area contributed by atoms with Gasteiger partial charge < -0.3 is 5.73 Å². The predicted molar refractivity (Wildman–Crippen MR) is 100.0 cm³/mol. The first-order valence-electron chi connectivity index (χ1n) is 7.66. The van der Waals surface area contributed by atoms with Gasteiger partial charge in [0.25, 0.3) is 10.0 Å². The fourth-order valence-corrected chi connectivity index (χ4v) is 4.89. The standard InChI is InChI=1S/C18H15N3O2S2/c19-10-14-9-13(12-24-14)17-11-21(18-16(17)7-4-8-20-18)25(22,23)15-5-2-1-3-6-15/h1-9,11-12H,10,19H2. The van der Waals surface area contributed by atoms with Crippen LogP contribution in [0.15, 0.2) is 71.2 Å². The van der Waals surface area contributed by atoms with E-state index in [1.165, 1.54) is 3.97 Å². The molecular weight excluding hydrogens is 354 g/mol. The summed E-state index contributed by atoms with van der Waals surface area (Å²) in [6.07, 6.45) is 3.24. The molecule has 0 atom stereocenters. The van der Waals surface area contributed by atoms with E-state index in [1.54, 1.807) is 54.1 Å². The van der Waals surface area contributed by atoms with E-state index >= 15 is 0 Å². The number of thiophene rings is 1. The van der Waals surface area contributed by atoms with Crippen molar-refractivity contribution in [3.63, 3.8) is 0 Å². The molecule has 5 nitrogen and oxygen atoms in total. The number of nitrogens with zero attached hydrogens (tertiary/aromatic N) is 2. The van der Waals surface area contributed by atoms with E-state index in [-0.39, 0.29) is 4.90 Å². The van der Waals surface area contributed by atoms with Gasteiger partial charge in [0.15, 0.2) is 5.65 Å². The molecule has 0 amide bonds. The maximum atomic E-state index is 13.1. The highest BCUT2D eigenvalue weighted by atomic mass is 32.2. The number of hydrogen-bond donors (Lipinski definition) is 1. The maximum Gasteiger partial charge on any atom is 0.269 e. The Morgan fingerprint density at radius 1 is 1.12 bits per heavy atom. The zero-order valence-electron chi connectivity index (χ0n) is 13.2. The summed E-state index contributed by atoms with van der Waals surface area (Å²) in [6, 6.07) is 14.1. The lowest BCUT2D eigenvalue weighted by Gasteiger charge is -2.06. The van der Waals surface area contributed by atoms with Gasteiger partial charge in [-0.3, -0.25) is 0 Å². The van der Waals surface area contributed by atoms with Crippen LogP contribution in [-0.2, 0) is 16.6 Å². The molecule has 0 bridgehead atoms. The van der Waals surface area contributed by atoms with Gasteiger partial charge in [0.1, 0.15) is 0 Å². The van der Waals surface area contributed by atoms with Crippen LogP contribution >= 0.6 is 11.3 Å². The molecule has 0 spiro atoms. The highest BCUT2D eigenvalue weighted by Crippen LogP contribution is 2.34. The second-order valence-electron chi connectivity index (χ2n) is 5.54. The minimum atomic E-state index is -3.72. The van der Waals surface area contributed by atoms with Crippen molar-refractivity contribution < 1.29 is 8.42 Å². The molecule has 0 saturated heterocycles. The predicted octanol–water partition coefficient (Wildman–Crippen LogP) is 3.46. The van der Waals surface area contributed by atoms with Crippen LogP contribution in [0.5, 0.6) is 0 Å². The summed E-state index contributed by atoms with van der Waals surface area (Å²) >= 11 is 1.56. The van der Waals surface area contributed by atoms with Gasteiger partial charge in [0.05, 0.1) is 4.90 Å². The number of rotatable bonds is 4. The molecule has 0 radical (unpaired) electrons. The van der Waals surface area contributed by atoms with Crippen LogP contribution in [0.1, 0.15) is 4.88 Å². The van der Waals surface area contributed by atoms with Crippen molar-refractivity contribution >= 4 is 32.4 Å². The highest BCUT2D eigenvalue weighted by molar-refractivity contribution is 7.90. The molecule has 4 aromatic rings. The molecule has 1 aromatic carbocycles. The summed E-state index contributed by atoms with van der Waals surface area (Å²) in [5.74, 6) is 0. The van der Waals surface area contributed by atoms with E-state index in [0.717, 1.165) is 21.4 Å². The summed E-state index contributed by atoms with van der Waals surface area (Å²) in [5, 5.41) is 2.78. The molecular formula is C18H15N3O2S2. The zero-order chi connectivity index (χ0) is 17.4. The largest absolute Gasteiger partial charge is 0.326 e.